The van der Waals surface area contributed by atoms with Crippen molar-refractivity contribution in [2.24, 2.45) is 5.41 Å². The van der Waals surface area contributed by atoms with E-state index in [0.29, 0.717) is 0 Å². The average molecular weight is 113 g/mol. The van der Waals surface area contributed by atoms with E-state index in [0.717, 1.165) is 13.0 Å². The molecule has 1 N–H and O–H groups in total. The fourth-order valence-electron chi connectivity index (χ4n) is 0.748. The number of hydrogen-bond donors (Lipinski definition) is 1. The van der Waals surface area contributed by atoms with Gasteiger partial charge in [-0.15, -0.1) is 0 Å². The fraction of sp³-hybridized carbons (Fsp3) is 0.833. The van der Waals surface area contributed by atoms with Gasteiger partial charge in [0.2, 0.25) is 5.91 Å². The topological polar surface area (TPSA) is 29.1 Å². The van der Waals surface area contributed by atoms with E-state index in [1.54, 1.807) is 0 Å². The standard InChI is InChI=1S/C6H11NO/c1-3-6(2)4-7-5(6)8/h3-4H2,1-2H3,(H,7,8). The van der Waals surface area contributed by atoms with Crippen LogP contribution in [0.2, 0.25) is 0 Å². The smallest absolute Gasteiger partial charge is 0.227 e. The van der Waals surface area contributed by atoms with Gasteiger partial charge >= 0.3 is 0 Å². The van der Waals surface area contributed by atoms with Crippen LogP contribution in [0, 0.1) is 5.41 Å². The van der Waals surface area contributed by atoms with Crippen molar-refractivity contribution in [3.05, 3.63) is 0 Å². The van der Waals surface area contributed by atoms with E-state index in [1.165, 1.54) is 0 Å². The van der Waals surface area contributed by atoms with E-state index in [9.17, 15) is 4.79 Å². The fourth-order valence-corrected chi connectivity index (χ4v) is 0.748. The zero-order valence-corrected chi connectivity index (χ0v) is 5.32. The SMILES string of the molecule is CCC1(C)CNC1=O. The van der Waals surface area contributed by atoms with Crippen LogP contribution in [0.3, 0.4) is 0 Å². The molecule has 0 saturated carbocycles. The van der Waals surface area contributed by atoms with Gasteiger partial charge in [0.05, 0.1) is 5.41 Å². The molecule has 1 atom stereocenters. The van der Waals surface area contributed by atoms with Gasteiger partial charge < -0.3 is 5.32 Å². The third kappa shape index (κ3) is 0.522. The van der Waals surface area contributed by atoms with Gasteiger partial charge in [0.15, 0.2) is 0 Å². The van der Waals surface area contributed by atoms with Gasteiger partial charge in [0.1, 0.15) is 0 Å². The van der Waals surface area contributed by atoms with Gasteiger partial charge in [0, 0.05) is 6.54 Å². The summed E-state index contributed by atoms with van der Waals surface area (Å²) < 4.78 is 0. The van der Waals surface area contributed by atoms with Crippen molar-refractivity contribution in [3.63, 3.8) is 0 Å². The molecule has 1 amide bonds. The van der Waals surface area contributed by atoms with E-state index in [-0.39, 0.29) is 11.3 Å². The van der Waals surface area contributed by atoms with E-state index >= 15 is 0 Å². The largest absolute Gasteiger partial charge is 0.355 e. The van der Waals surface area contributed by atoms with Crippen LogP contribution in [-0.4, -0.2) is 12.5 Å². The Morgan fingerprint density at radius 1 is 1.88 bits per heavy atom. The lowest BCUT2D eigenvalue weighted by Crippen LogP contribution is -2.56. The van der Waals surface area contributed by atoms with Crippen molar-refractivity contribution in [3.8, 4) is 0 Å². The minimum atomic E-state index is -0.0278. The molecule has 0 bridgehead atoms. The molecule has 1 saturated heterocycles. The quantitative estimate of drug-likeness (QED) is 0.494. The monoisotopic (exact) mass is 113 g/mol. The third-order valence-electron chi connectivity index (χ3n) is 1.97. The second-order valence-electron chi connectivity index (χ2n) is 2.60. The van der Waals surface area contributed by atoms with Gasteiger partial charge in [-0.05, 0) is 13.3 Å². The highest BCUT2D eigenvalue weighted by molar-refractivity contribution is 5.88. The minimum absolute atomic E-state index is 0.0278. The summed E-state index contributed by atoms with van der Waals surface area (Å²) >= 11 is 0. The summed E-state index contributed by atoms with van der Waals surface area (Å²) in [6.07, 6.45) is 0.957. The van der Waals surface area contributed by atoms with Crippen LogP contribution < -0.4 is 5.32 Å². The molecule has 0 aromatic carbocycles. The number of nitrogens with one attached hydrogen (secondary N) is 1. The average Bonchev–Trinajstić information content (AvgIpc) is 1.83. The van der Waals surface area contributed by atoms with Crippen LogP contribution in [0.15, 0.2) is 0 Å². The third-order valence-corrected chi connectivity index (χ3v) is 1.97. The minimum Gasteiger partial charge on any atom is -0.355 e. The van der Waals surface area contributed by atoms with Crippen molar-refractivity contribution in [2.45, 2.75) is 20.3 Å². The summed E-state index contributed by atoms with van der Waals surface area (Å²) in [5.74, 6) is 0.208. The molecule has 1 aliphatic rings. The molecule has 1 heterocycles. The van der Waals surface area contributed by atoms with Crippen molar-refractivity contribution in [1.82, 2.24) is 5.32 Å². The molecular formula is C6H11NO. The van der Waals surface area contributed by atoms with E-state index in [1.807, 2.05) is 13.8 Å². The molecular weight excluding hydrogens is 102 g/mol. The Hall–Kier alpha value is -0.530. The highest BCUT2D eigenvalue weighted by Crippen LogP contribution is 2.26. The molecule has 0 spiro atoms. The van der Waals surface area contributed by atoms with Crippen molar-refractivity contribution < 1.29 is 4.79 Å². The molecule has 1 aliphatic heterocycles. The zero-order valence-electron chi connectivity index (χ0n) is 5.32. The lowest BCUT2D eigenvalue weighted by Gasteiger charge is -2.36. The first-order chi connectivity index (χ1) is 3.69. The lowest BCUT2D eigenvalue weighted by molar-refractivity contribution is -0.138. The first-order valence-electron chi connectivity index (χ1n) is 2.97. The summed E-state index contributed by atoms with van der Waals surface area (Å²) in [5, 5.41) is 2.71. The Labute approximate surface area is 49.3 Å². The van der Waals surface area contributed by atoms with Crippen molar-refractivity contribution in [2.75, 3.05) is 6.54 Å². The number of carbonyl (C=O) groups excluding carboxylic acids is 1. The maximum atomic E-state index is 10.7. The van der Waals surface area contributed by atoms with Crippen LogP contribution in [0.5, 0.6) is 0 Å². The van der Waals surface area contributed by atoms with Crippen LogP contribution in [0.4, 0.5) is 0 Å². The predicted molar refractivity (Wildman–Crippen MR) is 31.4 cm³/mol. The Bertz CT molecular complexity index is 118. The normalized spacial score (nSPS) is 36.0. The number of rotatable bonds is 1. The van der Waals surface area contributed by atoms with Crippen LogP contribution in [0.25, 0.3) is 0 Å². The molecule has 0 aliphatic carbocycles. The highest BCUT2D eigenvalue weighted by Gasteiger charge is 2.39. The van der Waals surface area contributed by atoms with Crippen molar-refractivity contribution in [1.29, 1.82) is 0 Å². The Morgan fingerprint density at radius 3 is 2.50 bits per heavy atom. The van der Waals surface area contributed by atoms with E-state index < -0.39 is 0 Å². The van der Waals surface area contributed by atoms with E-state index in [4.69, 9.17) is 0 Å². The molecule has 1 rings (SSSR count). The molecule has 0 radical (unpaired) electrons. The molecule has 0 aromatic heterocycles. The molecule has 1 unspecified atom stereocenters. The van der Waals surface area contributed by atoms with Crippen molar-refractivity contribution >= 4 is 5.91 Å². The summed E-state index contributed by atoms with van der Waals surface area (Å²) in [6, 6.07) is 0. The van der Waals surface area contributed by atoms with Gasteiger partial charge in [-0.1, -0.05) is 6.92 Å². The number of carbonyl (C=O) groups is 1. The summed E-state index contributed by atoms with van der Waals surface area (Å²) in [7, 11) is 0. The first kappa shape index (κ1) is 5.60. The van der Waals surface area contributed by atoms with Gasteiger partial charge in [-0.3, -0.25) is 4.79 Å². The zero-order chi connectivity index (χ0) is 6.20. The Balaban J connectivity index is 2.55. The first-order valence-corrected chi connectivity index (χ1v) is 2.97. The number of amides is 1. The molecule has 2 heteroatoms. The Morgan fingerprint density at radius 2 is 2.50 bits per heavy atom. The molecule has 8 heavy (non-hydrogen) atoms. The Kier molecular flexibility index (Phi) is 1.03. The molecule has 46 valence electrons. The van der Waals surface area contributed by atoms with Crippen LogP contribution in [-0.2, 0) is 4.79 Å². The lowest BCUT2D eigenvalue weighted by atomic mass is 9.81. The highest BCUT2D eigenvalue weighted by atomic mass is 16.2. The van der Waals surface area contributed by atoms with Crippen LogP contribution in [0.1, 0.15) is 20.3 Å². The number of β-lactam (4-membered cyclic amide) rings is 1. The summed E-state index contributed by atoms with van der Waals surface area (Å²) in [4.78, 5) is 10.7. The summed E-state index contributed by atoms with van der Waals surface area (Å²) in [5.41, 5.74) is -0.0278. The van der Waals surface area contributed by atoms with Gasteiger partial charge in [0.25, 0.3) is 0 Å². The van der Waals surface area contributed by atoms with Gasteiger partial charge in [-0.25, -0.2) is 0 Å². The second kappa shape index (κ2) is 1.47. The molecule has 1 fully saturated rings. The van der Waals surface area contributed by atoms with E-state index in [2.05, 4.69) is 5.32 Å². The predicted octanol–water partition coefficient (Wildman–Crippen LogP) is 0.532. The maximum Gasteiger partial charge on any atom is 0.227 e. The molecule has 0 aromatic rings. The number of hydrogen-bond acceptors (Lipinski definition) is 1. The van der Waals surface area contributed by atoms with Gasteiger partial charge in [-0.2, -0.15) is 0 Å². The molecule has 2 nitrogen and oxygen atoms in total. The second-order valence-corrected chi connectivity index (χ2v) is 2.60. The summed E-state index contributed by atoms with van der Waals surface area (Å²) in [6.45, 7) is 4.90. The maximum absolute atomic E-state index is 10.7. The van der Waals surface area contributed by atoms with Crippen LogP contribution >= 0.6 is 0 Å².